The van der Waals surface area contributed by atoms with E-state index in [1.807, 2.05) is 11.0 Å². The van der Waals surface area contributed by atoms with Crippen LogP contribution in [0, 0.1) is 0 Å². The summed E-state index contributed by atoms with van der Waals surface area (Å²) < 4.78 is 6.97. The Morgan fingerprint density at radius 2 is 2.19 bits per heavy atom. The molecule has 1 atom stereocenters. The molecule has 1 aliphatic heterocycles. The van der Waals surface area contributed by atoms with E-state index in [0.717, 1.165) is 48.9 Å². The molecule has 0 saturated carbocycles. The van der Waals surface area contributed by atoms with Crippen molar-refractivity contribution in [3.8, 4) is 0 Å². The maximum Gasteiger partial charge on any atom is 0.263 e. The molecule has 0 radical (unpaired) electrons. The molecular formula is C23H27N3O3S3. The van der Waals surface area contributed by atoms with Gasteiger partial charge in [-0.25, -0.2) is 4.98 Å². The van der Waals surface area contributed by atoms with Gasteiger partial charge in [0.05, 0.1) is 30.3 Å². The normalized spacial score (nSPS) is 18.4. The standard InChI is InChI=1S/C23H27N3O3S3/c1-29-12-11-26-22(28)20-15-6-2-3-8-17(15)32-21(20)24-23(26)31-14-19(27)25-10-4-7-16(25)18-9-5-13-30-18/h5,9,13,16H,2-4,6-8,10-12,14H2,1H3. The van der Waals surface area contributed by atoms with Gasteiger partial charge < -0.3 is 9.64 Å². The van der Waals surface area contributed by atoms with Crippen molar-refractivity contribution in [2.75, 3.05) is 26.0 Å². The van der Waals surface area contributed by atoms with E-state index in [4.69, 9.17) is 9.72 Å². The molecular weight excluding hydrogens is 462 g/mol. The summed E-state index contributed by atoms with van der Waals surface area (Å²) >= 11 is 4.75. The second-order valence-corrected chi connectivity index (χ2v) is 11.3. The Bertz CT molecular complexity index is 1170. The minimum absolute atomic E-state index is 0.0130. The average Bonchev–Trinajstić information content (AvgIpc) is 3.55. The highest BCUT2D eigenvalue weighted by Crippen LogP contribution is 2.36. The molecule has 9 heteroatoms. The van der Waals surface area contributed by atoms with Gasteiger partial charge in [0, 0.05) is 23.4 Å². The van der Waals surface area contributed by atoms with Crippen LogP contribution < -0.4 is 5.56 Å². The van der Waals surface area contributed by atoms with Crippen LogP contribution >= 0.6 is 34.4 Å². The Balaban J connectivity index is 1.41. The van der Waals surface area contributed by atoms with Crippen LogP contribution in [0.4, 0.5) is 0 Å². The second-order valence-electron chi connectivity index (χ2n) is 8.28. The maximum absolute atomic E-state index is 13.5. The Hall–Kier alpha value is -1.68. The van der Waals surface area contributed by atoms with Crippen LogP contribution in [0.15, 0.2) is 27.5 Å². The molecule has 1 aliphatic carbocycles. The fourth-order valence-electron chi connectivity index (χ4n) is 4.76. The van der Waals surface area contributed by atoms with Crippen LogP contribution in [0.3, 0.4) is 0 Å². The van der Waals surface area contributed by atoms with Gasteiger partial charge in [0.15, 0.2) is 5.16 Å². The first-order valence-corrected chi connectivity index (χ1v) is 13.8. The number of carbonyl (C=O) groups is 1. The van der Waals surface area contributed by atoms with Crippen LogP contribution in [0.1, 0.15) is 47.0 Å². The largest absolute Gasteiger partial charge is 0.383 e. The summed E-state index contributed by atoms with van der Waals surface area (Å²) in [6.07, 6.45) is 6.34. The SMILES string of the molecule is COCCn1c(SCC(=O)N2CCCC2c2cccs2)nc2sc3c(c2c1=O)CCCC3. The Kier molecular flexibility index (Phi) is 6.69. The Labute approximate surface area is 199 Å². The molecule has 1 unspecified atom stereocenters. The van der Waals surface area contributed by atoms with Crippen LogP contribution in [0.5, 0.6) is 0 Å². The van der Waals surface area contributed by atoms with Crippen molar-refractivity contribution >= 4 is 50.6 Å². The Morgan fingerprint density at radius 3 is 3.00 bits per heavy atom. The van der Waals surface area contributed by atoms with Gasteiger partial charge in [0.1, 0.15) is 4.83 Å². The van der Waals surface area contributed by atoms with Gasteiger partial charge in [-0.1, -0.05) is 17.8 Å². The number of hydrogen-bond donors (Lipinski definition) is 0. The number of aryl methyl sites for hydroxylation is 2. The lowest BCUT2D eigenvalue weighted by Crippen LogP contribution is -2.32. The molecule has 0 aromatic carbocycles. The molecule has 1 saturated heterocycles. The minimum Gasteiger partial charge on any atom is -0.383 e. The van der Waals surface area contributed by atoms with Gasteiger partial charge in [0.25, 0.3) is 5.56 Å². The van der Waals surface area contributed by atoms with E-state index in [1.54, 1.807) is 34.4 Å². The number of aromatic nitrogens is 2. The van der Waals surface area contributed by atoms with Crippen molar-refractivity contribution in [3.05, 3.63) is 43.2 Å². The van der Waals surface area contributed by atoms with Gasteiger partial charge >= 0.3 is 0 Å². The first-order chi connectivity index (χ1) is 15.7. The topological polar surface area (TPSA) is 64.4 Å². The lowest BCUT2D eigenvalue weighted by molar-refractivity contribution is -0.129. The molecule has 0 bridgehead atoms. The highest BCUT2D eigenvalue weighted by molar-refractivity contribution is 7.99. The number of carbonyl (C=O) groups excluding carboxylic acids is 1. The molecule has 0 spiro atoms. The third kappa shape index (κ3) is 4.16. The summed E-state index contributed by atoms with van der Waals surface area (Å²) in [5.41, 5.74) is 1.21. The van der Waals surface area contributed by atoms with E-state index in [9.17, 15) is 9.59 Å². The van der Waals surface area contributed by atoms with E-state index < -0.39 is 0 Å². The number of amides is 1. The number of ether oxygens (including phenoxy) is 1. The predicted molar refractivity (Wildman–Crippen MR) is 131 cm³/mol. The van der Waals surface area contributed by atoms with Gasteiger partial charge in [0.2, 0.25) is 5.91 Å². The molecule has 3 aromatic heterocycles. The maximum atomic E-state index is 13.5. The number of rotatable bonds is 7. The third-order valence-electron chi connectivity index (χ3n) is 6.33. The molecule has 4 heterocycles. The summed E-state index contributed by atoms with van der Waals surface area (Å²) in [6.45, 7) is 1.68. The summed E-state index contributed by atoms with van der Waals surface area (Å²) in [5, 5.41) is 3.48. The highest BCUT2D eigenvalue weighted by atomic mass is 32.2. The van der Waals surface area contributed by atoms with E-state index in [0.29, 0.717) is 18.3 Å². The molecule has 0 N–H and O–H groups in total. The highest BCUT2D eigenvalue weighted by Gasteiger charge is 2.31. The average molecular weight is 490 g/mol. The lowest BCUT2D eigenvalue weighted by Gasteiger charge is -2.24. The molecule has 170 valence electrons. The summed E-state index contributed by atoms with van der Waals surface area (Å²) in [7, 11) is 1.64. The molecule has 1 fully saturated rings. The van der Waals surface area contributed by atoms with Crippen LogP contribution in [-0.4, -0.2) is 46.4 Å². The predicted octanol–water partition coefficient (Wildman–Crippen LogP) is 4.50. The molecule has 6 nitrogen and oxygen atoms in total. The summed E-state index contributed by atoms with van der Waals surface area (Å²) in [4.78, 5) is 36.9. The second kappa shape index (κ2) is 9.67. The molecule has 32 heavy (non-hydrogen) atoms. The van der Waals surface area contributed by atoms with Crippen molar-refractivity contribution in [2.45, 2.75) is 56.3 Å². The third-order valence-corrected chi connectivity index (χ3v) is 9.45. The smallest absolute Gasteiger partial charge is 0.263 e. The summed E-state index contributed by atoms with van der Waals surface area (Å²) in [6, 6.07) is 4.34. The fraction of sp³-hybridized carbons (Fsp3) is 0.522. The van der Waals surface area contributed by atoms with E-state index in [2.05, 4.69) is 11.4 Å². The first kappa shape index (κ1) is 22.1. The van der Waals surface area contributed by atoms with Crippen molar-refractivity contribution in [2.24, 2.45) is 0 Å². The zero-order valence-electron chi connectivity index (χ0n) is 18.2. The van der Waals surface area contributed by atoms with Crippen molar-refractivity contribution in [3.63, 3.8) is 0 Å². The van der Waals surface area contributed by atoms with Crippen LogP contribution in [0.2, 0.25) is 0 Å². The van der Waals surface area contributed by atoms with Crippen molar-refractivity contribution < 1.29 is 9.53 Å². The number of likely N-dealkylation sites (tertiary alicyclic amines) is 1. The van der Waals surface area contributed by atoms with Crippen LogP contribution in [0.25, 0.3) is 10.2 Å². The fourth-order valence-corrected chi connectivity index (χ4v) is 7.85. The molecule has 1 amide bonds. The number of nitrogens with zero attached hydrogens (tertiary/aromatic N) is 3. The van der Waals surface area contributed by atoms with Crippen molar-refractivity contribution in [1.82, 2.24) is 14.5 Å². The van der Waals surface area contributed by atoms with Gasteiger partial charge in [-0.05, 0) is 55.5 Å². The van der Waals surface area contributed by atoms with Gasteiger partial charge in [-0.15, -0.1) is 22.7 Å². The molecule has 3 aromatic rings. The van der Waals surface area contributed by atoms with Crippen LogP contribution in [-0.2, 0) is 28.9 Å². The Morgan fingerprint density at radius 1 is 1.31 bits per heavy atom. The number of thiophene rings is 2. The monoisotopic (exact) mass is 489 g/mol. The first-order valence-electron chi connectivity index (χ1n) is 11.2. The van der Waals surface area contributed by atoms with Crippen molar-refractivity contribution in [1.29, 1.82) is 0 Å². The number of thioether (sulfide) groups is 1. The molecule has 2 aliphatic rings. The lowest BCUT2D eigenvalue weighted by atomic mass is 9.97. The molecule has 5 rings (SSSR count). The van der Waals surface area contributed by atoms with E-state index in [1.165, 1.54) is 33.5 Å². The van der Waals surface area contributed by atoms with Gasteiger partial charge in [-0.2, -0.15) is 0 Å². The zero-order valence-corrected chi connectivity index (χ0v) is 20.6. The van der Waals surface area contributed by atoms with E-state index in [-0.39, 0.29) is 23.3 Å². The zero-order chi connectivity index (χ0) is 22.1. The van der Waals surface area contributed by atoms with E-state index >= 15 is 0 Å². The summed E-state index contributed by atoms with van der Waals surface area (Å²) in [5.74, 6) is 0.404. The quantitative estimate of drug-likeness (QED) is 0.361. The number of methoxy groups -OCH3 is 1. The van der Waals surface area contributed by atoms with Gasteiger partial charge in [-0.3, -0.25) is 14.2 Å². The minimum atomic E-state index is 0.0130. The number of hydrogen-bond acceptors (Lipinski definition) is 7. The number of fused-ring (bicyclic) bond motifs is 3.